The highest BCUT2D eigenvalue weighted by Crippen LogP contribution is 2.47. The number of rotatable bonds is 8. The van der Waals surface area contributed by atoms with Crippen LogP contribution >= 0.6 is 0 Å². The van der Waals surface area contributed by atoms with Gasteiger partial charge in [-0.05, 0) is 54.2 Å². The van der Waals surface area contributed by atoms with E-state index in [1.54, 1.807) is 13.3 Å². The Balaban J connectivity index is 1.43. The maximum atomic E-state index is 13.2. The molecule has 0 atom stereocenters. The minimum atomic E-state index is -0.231. The fraction of sp³-hybridized carbons (Fsp3) is 0.241. The molecule has 1 aliphatic carbocycles. The van der Waals surface area contributed by atoms with Crippen molar-refractivity contribution in [2.45, 2.75) is 18.8 Å². The summed E-state index contributed by atoms with van der Waals surface area (Å²) in [6, 6.07) is 21.8. The molecule has 1 aliphatic rings. The fourth-order valence-corrected chi connectivity index (χ4v) is 4.46. The third-order valence-corrected chi connectivity index (χ3v) is 6.57. The molecule has 6 nitrogen and oxygen atoms in total. The summed E-state index contributed by atoms with van der Waals surface area (Å²) >= 11 is 0. The molecule has 0 spiro atoms. The Labute approximate surface area is 205 Å². The second-order valence-corrected chi connectivity index (χ2v) is 9.10. The van der Waals surface area contributed by atoms with Crippen molar-refractivity contribution in [1.29, 1.82) is 0 Å². The van der Waals surface area contributed by atoms with Crippen LogP contribution in [0.5, 0.6) is 0 Å². The van der Waals surface area contributed by atoms with Crippen LogP contribution in [-0.4, -0.2) is 38.2 Å². The summed E-state index contributed by atoms with van der Waals surface area (Å²) in [4.78, 5) is 20.1. The van der Waals surface area contributed by atoms with Gasteiger partial charge >= 0.3 is 0 Å². The van der Waals surface area contributed by atoms with E-state index in [0.717, 1.165) is 28.6 Å². The predicted molar refractivity (Wildman–Crippen MR) is 143 cm³/mol. The molecule has 1 amide bonds. The van der Waals surface area contributed by atoms with E-state index in [1.165, 1.54) is 24.1 Å². The molecule has 1 aromatic heterocycles. The van der Waals surface area contributed by atoms with Crippen molar-refractivity contribution in [1.82, 2.24) is 4.98 Å². The standard InChI is InChI=1S/C29H30N4O2/c1-33(14-15-35-2)26-13-11-22-16-23(18-31-28(22)27(26)20-8-9-20)29(34)32-25-17-21(10-12-24(25)30)19-6-4-3-5-7-19/h3-7,10-13,16-18,20H,8-9,14-15,30H2,1-2H3,(H,32,34). The smallest absolute Gasteiger partial charge is 0.257 e. The van der Waals surface area contributed by atoms with Gasteiger partial charge in [0.15, 0.2) is 0 Å². The molecule has 35 heavy (non-hydrogen) atoms. The summed E-state index contributed by atoms with van der Waals surface area (Å²) in [6.45, 7) is 1.48. The van der Waals surface area contributed by atoms with E-state index in [0.29, 0.717) is 29.5 Å². The topological polar surface area (TPSA) is 80.5 Å². The summed E-state index contributed by atoms with van der Waals surface area (Å²) < 4.78 is 5.26. The average molecular weight is 467 g/mol. The van der Waals surface area contributed by atoms with Crippen molar-refractivity contribution in [2.75, 3.05) is 43.3 Å². The van der Waals surface area contributed by atoms with Gasteiger partial charge < -0.3 is 20.7 Å². The lowest BCUT2D eigenvalue weighted by atomic mass is 10.0. The third-order valence-electron chi connectivity index (χ3n) is 6.57. The fourth-order valence-electron chi connectivity index (χ4n) is 4.46. The lowest BCUT2D eigenvalue weighted by Crippen LogP contribution is -2.23. The van der Waals surface area contributed by atoms with Gasteiger partial charge in [0, 0.05) is 43.5 Å². The lowest BCUT2D eigenvalue weighted by molar-refractivity contribution is 0.102. The molecule has 3 N–H and O–H groups in total. The maximum Gasteiger partial charge on any atom is 0.257 e. The Bertz CT molecular complexity index is 1370. The first-order valence-corrected chi connectivity index (χ1v) is 11.9. The molecule has 4 aromatic rings. The number of nitrogens with one attached hydrogen (secondary N) is 1. The number of nitrogen functional groups attached to an aromatic ring is 1. The van der Waals surface area contributed by atoms with Gasteiger partial charge in [0.25, 0.3) is 5.91 Å². The zero-order valence-electron chi connectivity index (χ0n) is 20.1. The van der Waals surface area contributed by atoms with Gasteiger partial charge in [-0.2, -0.15) is 0 Å². The van der Waals surface area contributed by atoms with E-state index in [-0.39, 0.29) is 5.91 Å². The van der Waals surface area contributed by atoms with Gasteiger partial charge in [-0.1, -0.05) is 42.5 Å². The number of likely N-dealkylation sites (N-methyl/N-ethyl adjacent to an activating group) is 1. The number of aromatic nitrogens is 1. The Hall–Kier alpha value is -3.90. The molecule has 1 saturated carbocycles. The molecule has 3 aromatic carbocycles. The van der Waals surface area contributed by atoms with Crippen LogP contribution < -0.4 is 16.0 Å². The van der Waals surface area contributed by atoms with E-state index >= 15 is 0 Å². The molecule has 0 radical (unpaired) electrons. The number of carbonyl (C=O) groups excluding carboxylic acids is 1. The summed E-state index contributed by atoms with van der Waals surface area (Å²) in [7, 11) is 3.80. The normalized spacial score (nSPS) is 13.1. The highest BCUT2D eigenvalue weighted by atomic mass is 16.5. The second-order valence-electron chi connectivity index (χ2n) is 9.10. The van der Waals surface area contributed by atoms with E-state index in [4.69, 9.17) is 15.5 Å². The van der Waals surface area contributed by atoms with E-state index < -0.39 is 0 Å². The zero-order chi connectivity index (χ0) is 24.4. The van der Waals surface area contributed by atoms with E-state index in [9.17, 15) is 4.79 Å². The highest BCUT2D eigenvalue weighted by Gasteiger charge is 2.30. The quantitative estimate of drug-likeness (QED) is 0.326. The van der Waals surface area contributed by atoms with Gasteiger partial charge in [0.1, 0.15) is 0 Å². The summed E-state index contributed by atoms with van der Waals surface area (Å²) in [5.41, 5.74) is 13.3. The number of carbonyl (C=O) groups is 1. The van der Waals surface area contributed by atoms with Crippen molar-refractivity contribution in [3.05, 3.63) is 84.1 Å². The number of nitrogens with zero attached hydrogens (tertiary/aromatic N) is 2. The van der Waals surface area contributed by atoms with Crippen LogP contribution in [-0.2, 0) is 4.74 Å². The van der Waals surface area contributed by atoms with Gasteiger partial charge in [-0.3, -0.25) is 9.78 Å². The molecule has 0 unspecified atom stereocenters. The van der Waals surface area contributed by atoms with Crippen molar-refractivity contribution >= 4 is 33.9 Å². The number of methoxy groups -OCH3 is 1. The predicted octanol–water partition coefficient (Wildman–Crippen LogP) is 5.70. The van der Waals surface area contributed by atoms with Crippen LogP contribution in [0.3, 0.4) is 0 Å². The molecule has 1 heterocycles. The molecule has 178 valence electrons. The molecule has 6 heteroatoms. The molecule has 0 aliphatic heterocycles. The van der Waals surface area contributed by atoms with Gasteiger partial charge in [0.05, 0.1) is 29.1 Å². The lowest BCUT2D eigenvalue weighted by Gasteiger charge is -2.23. The number of nitrogens with two attached hydrogens (primary N) is 1. The summed E-state index contributed by atoms with van der Waals surface area (Å²) in [5, 5.41) is 3.94. The largest absolute Gasteiger partial charge is 0.397 e. The van der Waals surface area contributed by atoms with Crippen LogP contribution in [0.1, 0.15) is 34.7 Å². The zero-order valence-corrected chi connectivity index (χ0v) is 20.1. The van der Waals surface area contributed by atoms with Crippen LogP contribution in [0, 0.1) is 0 Å². The van der Waals surface area contributed by atoms with Crippen molar-refractivity contribution in [2.24, 2.45) is 0 Å². The SMILES string of the molecule is COCCN(C)c1ccc2cc(C(=O)Nc3cc(-c4ccccc4)ccc3N)cnc2c1C1CC1. The highest BCUT2D eigenvalue weighted by molar-refractivity contribution is 6.07. The van der Waals surface area contributed by atoms with Crippen LogP contribution in [0.2, 0.25) is 0 Å². The molecular weight excluding hydrogens is 436 g/mol. The number of benzene rings is 3. The third kappa shape index (κ3) is 4.84. The second kappa shape index (κ2) is 9.76. The summed E-state index contributed by atoms with van der Waals surface area (Å²) in [6.07, 6.45) is 4.01. The number of anilines is 3. The van der Waals surface area contributed by atoms with Gasteiger partial charge in [0.2, 0.25) is 0 Å². The number of ether oxygens (including phenoxy) is 1. The number of hydrogen-bond donors (Lipinski definition) is 2. The average Bonchev–Trinajstić information content (AvgIpc) is 3.73. The van der Waals surface area contributed by atoms with Crippen molar-refractivity contribution in [3.63, 3.8) is 0 Å². The van der Waals surface area contributed by atoms with E-state index in [1.807, 2.05) is 60.7 Å². The summed E-state index contributed by atoms with van der Waals surface area (Å²) in [5.74, 6) is 0.289. The Kier molecular flexibility index (Phi) is 6.38. The minimum Gasteiger partial charge on any atom is -0.397 e. The van der Waals surface area contributed by atoms with Crippen LogP contribution in [0.25, 0.3) is 22.0 Å². The van der Waals surface area contributed by atoms with E-state index in [2.05, 4.69) is 23.3 Å². The molecule has 0 saturated heterocycles. The van der Waals surface area contributed by atoms with Gasteiger partial charge in [-0.25, -0.2) is 0 Å². The Morgan fingerprint density at radius 3 is 2.63 bits per heavy atom. The number of hydrogen-bond acceptors (Lipinski definition) is 5. The first-order valence-electron chi connectivity index (χ1n) is 11.9. The van der Waals surface area contributed by atoms with Gasteiger partial charge in [-0.15, -0.1) is 0 Å². The molecular formula is C29H30N4O2. The first kappa shape index (κ1) is 22.9. The maximum absolute atomic E-state index is 13.2. The monoisotopic (exact) mass is 466 g/mol. The Morgan fingerprint density at radius 1 is 1.09 bits per heavy atom. The minimum absolute atomic E-state index is 0.231. The molecule has 1 fully saturated rings. The van der Waals surface area contributed by atoms with Crippen molar-refractivity contribution in [3.8, 4) is 11.1 Å². The molecule has 5 rings (SSSR count). The number of amides is 1. The van der Waals surface area contributed by atoms with Crippen LogP contribution in [0.15, 0.2) is 72.9 Å². The first-order chi connectivity index (χ1) is 17.0. The number of pyridine rings is 1. The van der Waals surface area contributed by atoms with Crippen LogP contribution in [0.4, 0.5) is 17.1 Å². The van der Waals surface area contributed by atoms with Crippen molar-refractivity contribution < 1.29 is 9.53 Å². The Morgan fingerprint density at radius 2 is 1.89 bits per heavy atom. The molecule has 0 bridgehead atoms. The number of fused-ring (bicyclic) bond motifs is 1.